The summed E-state index contributed by atoms with van der Waals surface area (Å²) in [5.41, 5.74) is 4.74. The number of hydrogen-bond acceptors (Lipinski definition) is 5. The second kappa shape index (κ2) is 11.3. The molecule has 0 saturated heterocycles. The summed E-state index contributed by atoms with van der Waals surface area (Å²) in [7, 11) is 0. The Hall–Kier alpha value is -5.19. The number of halogens is 3. The van der Waals surface area contributed by atoms with Crippen molar-refractivity contribution in [1.29, 1.82) is 0 Å². The van der Waals surface area contributed by atoms with Crippen molar-refractivity contribution in [1.82, 2.24) is 19.7 Å². The minimum Gasteiger partial charge on any atom is -0.406 e. The third-order valence-electron chi connectivity index (χ3n) is 5.96. The monoisotopic (exact) mass is 544 g/mol. The van der Waals surface area contributed by atoms with Crippen molar-refractivity contribution in [3.63, 3.8) is 0 Å². The van der Waals surface area contributed by atoms with Crippen LogP contribution >= 0.6 is 0 Å². The van der Waals surface area contributed by atoms with E-state index in [1.807, 2.05) is 30.3 Å². The smallest absolute Gasteiger partial charge is 0.406 e. The fourth-order valence-corrected chi connectivity index (χ4v) is 4.11. The molecule has 202 valence electrons. The molecule has 0 spiro atoms. The van der Waals surface area contributed by atoms with E-state index in [1.54, 1.807) is 30.5 Å². The summed E-state index contributed by atoms with van der Waals surface area (Å²) in [6, 6.07) is 23.5. The summed E-state index contributed by atoms with van der Waals surface area (Å²) in [5.74, 6) is 0.526. The number of carbonyl (C=O) groups excluding carboxylic acids is 1. The minimum absolute atomic E-state index is 0.325. The van der Waals surface area contributed by atoms with Gasteiger partial charge in [0.15, 0.2) is 5.82 Å². The maximum atomic E-state index is 12.8. The van der Waals surface area contributed by atoms with Gasteiger partial charge in [0.2, 0.25) is 0 Å². The highest BCUT2D eigenvalue weighted by Gasteiger charge is 2.31. The van der Waals surface area contributed by atoms with Gasteiger partial charge in [-0.05, 0) is 78.2 Å². The molecule has 40 heavy (non-hydrogen) atoms. The molecule has 2 N–H and O–H groups in total. The van der Waals surface area contributed by atoms with Crippen LogP contribution in [0.4, 0.5) is 29.5 Å². The molecule has 0 aliphatic rings. The lowest BCUT2D eigenvalue weighted by Gasteiger charge is -2.13. The van der Waals surface area contributed by atoms with Crippen molar-refractivity contribution in [3.05, 3.63) is 103 Å². The van der Waals surface area contributed by atoms with E-state index in [0.717, 1.165) is 23.1 Å². The molecule has 0 bridgehead atoms. The number of anilines is 2. The van der Waals surface area contributed by atoms with Crippen LogP contribution in [0.1, 0.15) is 12.5 Å². The first-order valence-corrected chi connectivity index (χ1v) is 12.3. The predicted molar refractivity (Wildman–Crippen MR) is 145 cm³/mol. The van der Waals surface area contributed by atoms with Gasteiger partial charge in [-0.2, -0.15) is 0 Å². The number of amides is 2. The highest BCUT2D eigenvalue weighted by molar-refractivity contribution is 6.01. The lowest BCUT2D eigenvalue weighted by atomic mass is 9.98. The van der Waals surface area contributed by atoms with Crippen molar-refractivity contribution in [2.45, 2.75) is 19.7 Å². The second-order valence-electron chi connectivity index (χ2n) is 8.62. The average molecular weight is 545 g/mol. The number of aryl methyl sites for hydroxylation is 1. The van der Waals surface area contributed by atoms with Crippen LogP contribution < -0.4 is 15.4 Å². The van der Waals surface area contributed by atoms with E-state index < -0.39 is 12.4 Å². The second-order valence-corrected chi connectivity index (χ2v) is 8.62. The third-order valence-corrected chi connectivity index (χ3v) is 5.96. The zero-order chi connectivity index (χ0) is 28.1. The molecule has 5 rings (SSSR count). The quantitative estimate of drug-likeness (QED) is 0.228. The highest BCUT2D eigenvalue weighted by atomic mass is 19.4. The molecule has 0 aliphatic carbocycles. The van der Waals surface area contributed by atoms with Gasteiger partial charge in [-0.15, -0.1) is 18.3 Å². The largest absolute Gasteiger partial charge is 0.573 e. The Balaban J connectivity index is 1.25. The molecule has 0 saturated carbocycles. The number of ether oxygens (including phenoxy) is 1. The van der Waals surface area contributed by atoms with Crippen LogP contribution in [-0.2, 0) is 6.42 Å². The summed E-state index contributed by atoms with van der Waals surface area (Å²) in [6.07, 6.45) is -0.833. The Labute approximate surface area is 227 Å². The zero-order valence-electron chi connectivity index (χ0n) is 21.2. The van der Waals surface area contributed by atoms with Crippen LogP contribution in [0.25, 0.3) is 28.2 Å². The first kappa shape index (κ1) is 26.4. The van der Waals surface area contributed by atoms with Crippen molar-refractivity contribution in [2.75, 3.05) is 10.6 Å². The zero-order valence-corrected chi connectivity index (χ0v) is 21.2. The van der Waals surface area contributed by atoms with Gasteiger partial charge >= 0.3 is 12.4 Å². The number of aromatic nitrogens is 4. The van der Waals surface area contributed by atoms with Gasteiger partial charge in [0.05, 0.1) is 5.69 Å². The molecule has 0 radical (unpaired) electrons. The van der Waals surface area contributed by atoms with Crippen LogP contribution in [0.2, 0.25) is 0 Å². The van der Waals surface area contributed by atoms with Crippen LogP contribution in [0, 0.1) is 0 Å². The molecule has 0 aliphatic heterocycles. The number of nitrogens with zero attached hydrogens (tertiary/aromatic N) is 4. The summed E-state index contributed by atoms with van der Waals surface area (Å²) in [6.45, 7) is 2.08. The molecule has 2 heterocycles. The Bertz CT molecular complexity index is 1620. The molecule has 0 fully saturated rings. The van der Waals surface area contributed by atoms with E-state index in [1.165, 1.54) is 35.3 Å². The number of benzene rings is 3. The molecular weight excluding hydrogens is 521 g/mol. The standard InChI is InChI=1S/C29H23F3N6O2/c1-2-19-6-3-4-7-24(19)25-8-5-17-33-27(25)36-28(39)35-21-11-9-20(10-12-21)26-34-18-38(37-26)22-13-15-23(16-14-22)40-29(30,31)32/h3-18H,2H2,1H3,(H2,33,35,36,39). The summed E-state index contributed by atoms with van der Waals surface area (Å²) >= 11 is 0. The topological polar surface area (TPSA) is 94.0 Å². The SMILES string of the molecule is CCc1ccccc1-c1cccnc1NC(=O)Nc1ccc(-c2ncn(-c3ccc(OC(F)(F)F)cc3)n2)cc1. The van der Waals surface area contributed by atoms with Crippen LogP contribution in [0.5, 0.6) is 5.75 Å². The number of pyridine rings is 1. The third kappa shape index (κ3) is 6.26. The number of rotatable bonds is 7. The Kier molecular flexibility index (Phi) is 7.45. The molecule has 2 amide bonds. The molecule has 3 aromatic carbocycles. The Morgan fingerprint density at radius 3 is 2.33 bits per heavy atom. The van der Waals surface area contributed by atoms with E-state index in [2.05, 4.69) is 43.4 Å². The van der Waals surface area contributed by atoms with E-state index in [0.29, 0.717) is 28.6 Å². The fourth-order valence-electron chi connectivity index (χ4n) is 4.11. The van der Waals surface area contributed by atoms with Crippen molar-refractivity contribution in [3.8, 4) is 34.0 Å². The van der Waals surface area contributed by atoms with Crippen molar-refractivity contribution >= 4 is 17.5 Å². The van der Waals surface area contributed by atoms with E-state index in [9.17, 15) is 18.0 Å². The van der Waals surface area contributed by atoms with Crippen molar-refractivity contribution < 1.29 is 22.7 Å². The first-order valence-electron chi connectivity index (χ1n) is 12.3. The molecule has 2 aromatic heterocycles. The van der Waals surface area contributed by atoms with Gasteiger partial charge < -0.3 is 10.1 Å². The van der Waals surface area contributed by atoms with Gasteiger partial charge in [-0.3, -0.25) is 5.32 Å². The van der Waals surface area contributed by atoms with Gasteiger partial charge in [-0.1, -0.05) is 31.2 Å². The maximum absolute atomic E-state index is 12.8. The van der Waals surface area contributed by atoms with Gasteiger partial charge in [0.1, 0.15) is 17.9 Å². The number of carbonyl (C=O) groups is 1. The Morgan fingerprint density at radius 1 is 0.875 bits per heavy atom. The number of nitrogens with one attached hydrogen (secondary N) is 2. The lowest BCUT2D eigenvalue weighted by Crippen LogP contribution is -2.20. The number of alkyl halides is 3. The predicted octanol–water partition coefficient (Wildman–Crippen LogP) is 7.10. The molecule has 11 heteroatoms. The summed E-state index contributed by atoms with van der Waals surface area (Å²) in [4.78, 5) is 21.4. The van der Waals surface area contributed by atoms with E-state index in [-0.39, 0.29) is 5.75 Å². The van der Waals surface area contributed by atoms with Crippen LogP contribution in [0.15, 0.2) is 97.5 Å². The highest BCUT2D eigenvalue weighted by Crippen LogP contribution is 2.30. The first-order chi connectivity index (χ1) is 19.3. The van der Waals surface area contributed by atoms with Gasteiger partial charge in [0, 0.05) is 23.0 Å². The molecule has 5 aromatic rings. The maximum Gasteiger partial charge on any atom is 0.573 e. The fraction of sp³-hybridized carbons (Fsp3) is 0.103. The molecule has 8 nitrogen and oxygen atoms in total. The number of hydrogen-bond donors (Lipinski definition) is 2. The van der Waals surface area contributed by atoms with Crippen LogP contribution in [-0.4, -0.2) is 32.1 Å². The Morgan fingerprint density at radius 2 is 1.60 bits per heavy atom. The molecular formula is C29H23F3N6O2. The van der Waals surface area contributed by atoms with Crippen molar-refractivity contribution in [2.24, 2.45) is 0 Å². The number of urea groups is 1. The van der Waals surface area contributed by atoms with Gasteiger partial charge in [-0.25, -0.2) is 19.4 Å². The molecule has 0 unspecified atom stereocenters. The van der Waals surface area contributed by atoms with E-state index in [4.69, 9.17) is 0 Å². The lowest BCUT2D eigenvalue weighted by molar-refractivity contribution is -0.274. The molecule has 0 atom stereocenters. The normalized spacial score (nSPS) is 11.2. The van der Waals surface area contributed by atoms with Crippen LogP contribution in [0.3, 0.4) is 0 Å². The van der Waals surface area contributed by atoms with E-state index >= 15 is 0 Å². The summed E-state index contributed by atoms with van der Waals surface area (Å²) < 4.78 is 42.5. The average Bonchev–Trinajstić information content (AvgIpc) is 3.44. The minimum atomic E-state index is -4.76. The summed E-state index contributed by atoms with van der Waals surface area (Å²) in [5, 5.41) is 10.0. The van der Waals surface area contributed by atoms with Gasteiger partial charge in [0.25, 0.3) is 0 Å².